The third kappa shape index (κ3) is 4.39. The summed E-state index contributed by atoms with van der Waals surface area (Å²) >= 11 is 14.7. The van der Waals surface area contributed by atoms with Crippen molar-refractivity contribution in [2.24, 2.45) is 17.8 Å². The van der Waals surface area contributed by atoms with Crippen molar-refractivity contribution in [2.45, 2.75) is 28.5 Å². The minimum absolute atomic E-state index is 0.0153. The van der Waals surface area contributed by atoms with Gasteiger partial charge in [0.05, 0.1) is 37.4 Å². The van der Waals surface area contributed by atoms with Crippen molar-refractivity contribution in [1.82, 2.24) is 0 Å². The van der Waals surface area contributed by atoms with Crippen LogP contribution in [-0.2, 0) is 19.2 Å². The lowest BCUT2D eigenvalue weighted by atomic mass is 9.56. The average Bonchev–Trinajstić information content (AvgIpc) is 3.42. The Morgan fingerprint density at radius 3 is 2.16 bits per heavy atom. The smallest absolute Gasteiger partial charge is 0.339 e. The maximum absolute atomic E-state index is 14.6. The maximum atomic E-state index is 14.6. The van der Waals surface area contributed by atoms with Crippen LogP contribution >= 0.6 is 23.2 Å². The third-order valence-electron chi connectivity index (χ3n) is 10.2. The summed E-state index contributed by atoms with van der Waals surface area (Å²) in [5, 5.41) is 31.2. The number of carboxylic acid groups (broad SMARTS) is 1. The highest BCUT2D eigenvalue weighted by molar-refractivity contribution is 6.58. The van der Waals surface area contributed by atoms with Crippen LogP contribution in [0.4, 0.5) is 15.8 Å². The molecule has 0 radical (unpaired) electrons. The first-order valence-corrected chi connectivity index (χ1v) is 16.1. The Balaban J connectivity index is 1.42. The summed E-state index contributed by atoms with van der Waals surface area (Å²) < 4.78 is 24.8. The number of anilines is 2. The van der Waals surface area contributed by atoms with Crippen LogP contribution in [0.3, 0.4) is 0 Å². The molecule has 6 atom stereocenters. The number of methoxy groups -OCH3 is 2. The Morgan fingerprint density at radius 2 is 1.54 bits per heavy atom. The Morgan fingerprint density at radius 1 is 0.860 bits per heavy atom. The number of benzene rings is 3. The number of amides is 4. The molecule has 4 amide bonds. The van der Waals surface area contributed by atoms with E-state index in [0.29, 0.717) is 5.57 Å². The van der Waals surface area contributed by atoms with E-state index in [4.69, 9.17) is 32.7 Å². The van der Waals surface area contributed by atoms with Crippen molar-refractivity contribution in [3.8, 4) is 23.0 Å². The highest BCUT2D eigenvalue weighted by Gasteiger charge is 2.77. The van der Waals surface area contributed by atoms with Crippen LogP contribution in [0.25, 0.3) is 0 Å². The van der Waals surface area contributed by atoms with Gasteiger partial charge >= 0.3 is 5.97 Å². The summed E-state index contributed by atoms with van der Waals surface area (Å²) in [5.41, 5.74) is -0.186. The number of hydrogen-bond acceptors (Lipinski definition) is 9. The summed E-state index contributed by atoms with van der Waals surface area (Å²) in [6, 6.07) is 10.5. The monoisotopic (exact) mass is 724 g/mol. The van der Waals surface area contributed by atoms with Gasteiger partial charge in [-0.05, 0) is 55.2 Å². The Kier molecular flexibility index (Phi) is 7.64. The van der Waals surface area contributed by atoms with E-state index in [-0.39, 0.29) is 41.3 Å². The Bertz CT molecular complexity index is 2070. The molecule has 0 aromatic heterocycles. The van der Waals surface area contributed by atoms with E-state index in [1.807, 2.05) is 0 Å². The van der Waals surface area contributed by atoms with Gasteiger partial charge in [0.25, 0.3) is 11.8 Å². The molecule has 0 unspecified atom stereocenters. The first kappa shape index (κ1) is 33.4. The number of imide groups is 2. The molecule has 7 rings (SSSR count). The van der Waals surface area contributed by atoms with Gasteiger partial charge in [-0.25, -0.2) is 19.0 Å². The number of rotatable bonds is 6. The average molecular weight is 726 g/mol. The van der Waals surface area contributed by atoms with Gasteiger partial charge in [-0.2, -0.15) is 0 Å². The van der Waals surface area contributed by atoms with E-state index < -0.39 is 85.9 Å². The number of phenols is 2. The SMILES string of the molecule is COc1cc(O)c([C@H]2C3=CC[C@@H]4C(=O)N(c5ccc(C(=O)O)c(O)c5)C(=O)[C@@H]4[C@@H]3C[C@@]3(Cl)C(=O)N(c4ccc(F)cc4)C(=O)[C@@]23Cl)c(OC)c1. The second kappa shape index (κ2) is 11.5. The van der Waals surface area contributed by atoms with E-state index in [9.17, 15) is 43.7 Å². The molecule has 50 heavy (non-hydrogen) atoms. The van der Waals surface area contributed by atoms with E-state index in [1.54, 1.807) is 6.08 Å². The molecule has 4 aliphatic rings. The molecule has 2 aliphatic carbocycles. The van der Waals surface area contributed by atoms with E-state index >= 15 is 0 Å². The summed E-state index contributed by atoms with van der Waals surface area (Å²) in [7, 11) is 2.68. The van der Waals surface area contributed by atoms with Gasteiger partial charge in [0, 0.05) is 29.7 Å². The summed E-state index contributed by atoms with van der Waals surface area (Å²) in [4.78, 5) is 65.7. The summed E-state index contributed by atoms with van der Waals surface area (Å²) in [6.07, 6.45) is 1.25. The molecule has 3 aromatic rings. The second-order valence-electron chi connectivity index (χ2n) is 12.5. The zero-order chi connectivity index (χ0) is 36.0. The number of alkyl halides is 2. The molecule has 3 N–H and O–H groups in total. The predicted molar refractivity (Wildman–Crippen MR) is 175 cm³/mol. The van der Waals surface area contributed by atoms with Crippen LogP contribution < -0.4 is 19.3 Å². The second-order valence-corrected chi connectivity index (χ2v) is 13.8. The van der Waals surface area contributed by atoms with Crippen molar-refractivity contribution < 1.29 is 53.2 Å². The van der Waals surface area contributed by atoms with Crippen LogP contribution in [0.1, 0.15) is 34.7 Å². The highest BCUT2D eigenvalue weighted by atomic mass is 35.5. The fourth-order valence-corrected chi connectivity index (χ4v) is 8.89. The third-order valence-corrected chi connectivity index (χ3v) is 11.6. The van der Waals surface area contributed by atoms with E-state index in [0.717, 1.165) is 34.1 Å². The predicted octanol–water partition coefficient (Wildman–Crippen LogP) is 4.72. The lowest BCUT2D eigenvalue weighted by Gasteiger charge is -2.50. The minimum atomic E-state index is -2.33. The lowest BCUT2D eigenvalue weighted by molar-refractivity contribution is -0.125. The van der Waals surface area contributed by atoms with Gasteiger partial charge < -0.3 is 24.8 Å². The number of hydrogen-bond donors (Lipinski definition) is 3. The van der Waals surface area contributed by atoms with E-state index in [2.05, 4.69) is 0 Å². The lowest BCUT2D eigenvalue weighted by Crippen LogP contribution is -2.60. The van der Waals surface area contributed by atoms with Crippen LogP contribution in [0.5, 0.6) is 23.0 Å². The molecule has 1 saturated carbocycles. The summed E-state index contributed by atoms with van der Waals surface area (Å²) in [6.45, 7) is 0. The standard InChI is InChI=1S/C35H27Cl2FN2O10/c1-49-18-12-24(42)27(25(13-18)50-2)28-19-9-10-21-26(30(44)39(29(21)43)17-7-8-20(31(45)46)23(41)11-17)22(19)14-34(36)32(47)40(33(48)35(28,34)37)16-5-3-15(38)4-6-16/h3-9,11-13,21-22,26,28,41-42H,10,14H2,1-2H3,(H,45,46)/t21-,22+,26-,28+,34+,35-/m0/s1. The van der Waals surface area contributed by atoms with Gasteiger partial charge in [-0.3, -0.25) is 19.2 Å². The Hall–Kier alpha value is -5.14. The molecule has 3 aromatic carbocycles. The number of carbonyl (C=O) groups excluding carboxylic acids is 4. The van der Waals surface area contributed by atoms with E-state index in [1.165, 1.54) is 44.6 Å². The topological polar surface area (TPSA) is 171 Å². The number of allylic oxidation sites excluding steroid dienone is 2. The molecule has 0 spiro atoms. The first-order chi connectivity index (χ1) is 23.7. The van der Waals surface area contributed by atoms with Crippen molar-refractivity contribution in [3.05, 3.63) is 83.2 Å². The van der Waals surface area contributed by atoms with Crippen LogP contribution in [-0.4, -0.2) is 68.9 Å². The number of halogens is 3. The molecule has 15 heteroatoms. The van der Waals surface area contributed by atoms with Crippen LogP contribution in [0.15, 0.2) is 66.2 Å². The molecule has 2 heterocycles. The van der Waals surface area contributed by atoms with Crippen molar-refractivity contribution in [1.29, 1.82) is 0 Å². The zero-order valence-corrected chi connectivity index (χ0v) is 27.7. The normalized spacial score (nSPS) is 28.6. The number of carboxylic acids is 1. The molecular formula is C35H27Cl2FN2O10. The maximum Gasteiger partial charge on any atom is 0.339 e. The Labute approximate surface area is 293 Å². The number of phenolic OH excluding ortho intramolecular Hbond substituents is 1. The molecule has 0 bridgehead atoms. The van der Waals surface area contributed by atoms with Gasteiger partial charge in [0.2, 0.25) is 11.8 Å². The fourth-order valence-electron chi connectivity index (χ4n) is 7.97. The van der Waals surface area contributed by atoms with Crippen molar-refractivity contribution in [2.75, 3.05) is 24.0 Å². The molecular weight excluding hydrogens is 698 g/mol. The number of ether oxygens (including phenoxy) is 2. The summed E-state index contributed by atoms with van der Waals surface area (Å²) in [5.74, 6) is -10.7. The minimum Gasteiger partial charge on any atom is -0.507 e. The van der Waals surface area contributed by atoms with Gasteiger partial charge in [-0.15, -0.1) is 23.2 Å². The largest absolute Gasteiger partial charge is 0.507 e. The van der Waals surface area contributed by atoms with Crippen LogP contribution in [0.2, 0.25) is 0 Å². The quantitative estimate of drug-likeness (QED) is 0.184. The number of nitrogens with zero attached hydrogens (tertiary/aromatic N) is 2. The number of carbonyl (C=O) groups is 5. The highest BCUT2D eigenvalue weighted by Crippen LogP contribution is 2.67. The van der Waals surface area contributed by atoms with Gasteiger partial charge in [-0.1, -0.05) is 11.6 Å². The number of aromatic carboxylic acids is 1. The molecule has 12 nitrogen and oxygen atoms in total. The molecule has 2 aliphatic heterocycles. The molecule has 2 saturated heterocycles. The number of aromatic hydroxyl groups is 2. The molecule has 3 fully saturated rings. The van der Waals surface area contributed by atoms with Gasteiger partial charge in [0.15, 0.2) is 9.75 Å². The first-order valence-electron chi connectivity index (χ1n) is 15.3. The zero-order valence-electron chi connectivity index (χ0n) is 26.2. The van der Waals surface area contributed by atoms with Gasteiger partial charge in [0.1, 0.15) is 34.4 Å². The van der Waals surface area contributed by atoms with Crippen molar-refractivity contribution in [3.63, 3.8) is 0 Å². The van der Waals surface area contributed by atoms with Crippen LogP contribution in [0, 0.1) is 23.6 Å². The number of fused-ring (bicyclic) bond motifs is 4. The van der Waals surface area contributed by atoms with Crippen molar-refractivity contribution >= 4 is 64.2 Å². The molecule has 258 valence electrons. The fraction of sp³-hybridized carbons (Fsp3) is 0.286.